The minimum absolute atomic E-state index is 0.553. The second-order valence-electron chi connectivity index (χ2n) is 4.80. The van der Waals surface area contributed by atoms with Crippen molar-refractivity contribution in [3.8, 4) is 11.8 Å². The summed E-state index contributed by atoms with van der Waals surface area (Å²) in [5, 5.41) is 9.14. The van der Waals surface area contributed by atoms with Crippen LogP contribution in [0, 0.1) is 25.2 Å². The summed E-state index contributed by atoms with van der Waals surface area (Å²) in [6.45, 7) is 4.67. The number of hydrogen-bond acceptors (Lipinski definition) is 3. The highest BCUT2D eigenvalue weighted by atomic mass is 16.5. The van der Waals surface area contributed by atoms with Crippen molar-refractivity contribution < 1.29 is 4.74 Å². The fourth-order valence-electron chi connectivity index (χ4n) is 2.46. The van der Waals surface area contributed by atoms with Crippen LogP contribution in [0.3, 0.4) is 0 Å². The van der Waals surface area contributed by atoms with Gasteiger partial charge in [-0.25, -0.2) is 0 Å². The Labute approximate surface area is 119 Å². The van der Waals surface area contributed by atoms with Gasteiger partial charge >= 0.3 is 0 Å². The number of ether oxygens (including phenoxy) is 1. The first kappa shape index (κ1) is 14.0. The van der Waals surface area contributed by atoms with E-state index in [1.807, 2.05) is 42.7 Å². The average Bonchev–Trinajstić information content (AvgIpc) is 2.67. The topological polar surface area (TPSA) is 64.0 Å². The van der Waals surface area contributed by atoms with E-state index in [4.69, 9.17) is 15.7 Å². The highest BCUT2D eigenvalue weighted by Crippen LogP contribution is 2.25. The Morgan fingerprint density at radius 3 is 2.60 bits per heavy atom. The van der Waals surface area contributed by atoms with Crippen LogP contribution in [-0.4, -0.2) is 11.7 Å². The van der Waals surface area contributed by atoms with Crippen LogP contribution in [0.25, 0.3) is 0 Å². The lowest BCUT2D eigenvalue weighted by Crippen LogP contribution is -2.08. The molecule has 1 aromatic heterocycles. The monoisotopic (exact) mass is 269 g/mol. The van der Waals surface area contributed by atoms with E-state index >= 15 is 0 Å². The molecule has 0 fully saturated rings. The maximum atomic E-state index is 9.14. The lowest BCUT2D eigenvalue weighted by Gasteiger charge is -2.11. The Morgan fingerprint density at radius 1 is 1.30 bits per heavy atom. The minimum atomic E-state index is 0.553. The van der Waals surface area contributed by atoms with E-state index in [1.165, 1.54) is 0 Å². The number of nitrogen functional groups attached to an aromatic ring is 1. The Bertz CT molecular complexity index is 665. The molecule has 2 aromatic rings. The summed E-state index contributed by atoms with van der Waals surface area (Å²) in [4.78, 5) is 0. The summed E-state index contributed by atoms with van der Waals surface area (Å²) in [7, 11) is 1.67. The highest BCUT2D eigenvalue weighted by molar-refractivity contribution is 5.57. The Hall–Kier alpha value is -2.41. The second kappa shape index (κ2) is 5.70. The summed E-state index contributed by atoms with van der Waals surface area (Å²) in [6, 6.07) is 10.1. The number of aryl methyl sites for hydroxylation is 1. The molecule has 0 bridgehead atoms. The number of anilines is 1. The van der Waals surface area contributed by atoms with Crippen LogP contribution in [0.2, 0.25) is 0 Å². The van der Waals surface area contributed by atoms with E-state index in [2.05, 4.69) is 6.07 Å². The molecule has 0 radical (unpaired) electrons. The number of hydrogen-bond donors (Lipinski definition) is 1. The van der Waals surface area contributed by atoms with E-state index in [1.54, 1.807) is 7.11 Å². The van der Waals surface area contributed by atoms with Crippen LogP contribution in [0.4, 0.5) is 5.82 Å². The first-order chi connectivity index (χ1) is 9.60. The zero-order valence-electron chi connectivity index (χ0n) is 12.1. The maximum Gasteiger partial charge on any atom is 0.122 e. The Balaban J connectivity index is 2.26. The molecular weight excluding hydrogens is 250 g/mol. The van der Waals surface area contributed by atoms with E-state index in [0.717, 1.165) is 35.5 Å². The third-order valence-corrected chi connectivity index (χ3v) is 3.78. The van der Waals surface area contributed by atoms with Crippen molar-refractivity contribution in [2.45, 2.75) is 26.8 Å². The van der Waals surface area contributed by atoms with E-state index in [-0.39, 0.29) is 0 Å². The molecule has 104 valence electrons. The van der Waals surface area contributed by atoms with Gasteiger partial charge in [0, 0.05) is 12.2 Å². The first-order valence-corrected chi connectivity index (χ1v) is 6.57. The number of nitriles is 1. The standard InChI is InChI=1S/C16H19N3O/c1-11-12(2)19(16(18)14(11)10-17)9-8-13-6-4-5-7-15(13)20-3/h4-7H,8-9,18H2,1-3H3. The Kier molecular flexibility index (Phi) is 3.99. The lowest BCUT2D eigenvalue weighted by molar-refractivity contribution is 0.408. The fourth-order valence-corrected chi connectivity index (χ4v) is 2.46. The van der Waals surface area contributed by atoms with Gasteiger partial charge in [0.2, 0.25) is 0 Å². The Morgan fingerprint density at radius 2 is 2.00 bits per heavy atom. The van der Waals surface area contributed by atoms with Crippen molar-refractivity contribution in [1.29, 1.82) is 5.26 Å². The molecule has 0 aliphatic carbocycles. The SMILES string of the molecule is COc1ccccc1CCn1c(C)c(C)c(C#N)c1N. The molecule has 4 nitrogen and oxygen atoms in total. The predicted octanol–water partition coefficient (Wildman–Crippen LogP) is 2.81. The van der Waals surface area contributed by atoms with Crippen LogP contribution in [0.15, 0.2) is 24.3 Å². The predicted molar refractivity (Wildman–Crippen MR) is 79.7 cm³/mol. The molecule has 0 saturated carbocycles. The van der Waals surface area contributed by atoms with Crippen molar-refractivity contribution in [2.75, 3.05) is 12.8 Å². The van der Waals surface area contributed by atoms with Gasteiger partial charge in [0.25, 0.3) is 0 Å². The van der Waals surface area contributed by atoms with Crippen LogP contribution in [0.1, 0.15) is 22.4 Å². The van der Waals surface area contributed by atoms with Gasteiger partial charge in [0.15, 0.2) is 0 Å². The van der Waals surface area contributed by atoms with Crippen LogP contribution in [-0.2, 0) is 13.0 Å². The molecule has 0 spiro atoms. The minimum Gasteiger partial charge on any atom is -0.496 e. The van der Waals surface area contributed by atoms with Gasteiger partial charge in [0.05, 0.1) is 12.7 Å². The number of para-hydroxylation sites is 1. The number of aromatic nitrogens is 1. The van der Waals surface area contributed by atoms with E-state index in [0.29, 0.717) is 11.4 Å². The molecule has 1 heterocycles. The molecule has 1 aromatic carbocycles. The number of benzene rings is 1. The van der Waals surface area contributed by atoms with Crippen molar-refractivity contribution in [1.82, 2.24) is 4.57 Å². The van der Waals surface area contributed by atoms with Gasteiger partial charge in [-0.1, -0.05) is 18.2 Å². The largest absolute Gasteiger partial charge is 0.496 e. The quantitative estimate of drug-likeness (QED) is 0.928. The summed E-state index contributed by atoms with van der Waals surface area (Å²) >= 11 is 0. The van der Waals surface area contributed by atoms with Crippen LogP contribution in [0.5, 0.6) is 5.75 Å². The van der Waals surface area contributed by atoms with Crippen molar-refractivity contribution in [3.63, 3.8) is 0 Å². The molecule has 4 heteroatoms. The van der Waals surface area contributed by atoms with Crippen molar-refractivity contribution >= 4 is 5.82 Å². The summed E-state index contributed by atoms with van der Waals surface area (Å²) in [5.41, 5.74) is 9.80. The average molecular weight is 269 g/mol. The molecule has 0 atom stereocenters. The first-order valence-electron chi connectivity index (χ1n) is 6.57. The maximum absolute atomic E-state index is 9.14. The number of rotatable bonds is 4. The van der Waals surface area contributed by atoms with Gasteiger partial charge in [-0.3, -0.25) is 0 Å². The molecule has 2 N–H and O–H groups in total. The smallest absolute Gasteiger partial charge is 0.122 e. The molecule has 0 aliphatic rings. The van der Waals surface area contributed by atoms with Gasteiger partial charge in [-0.05, 0) is 37.5 Å². The fraction of sp³-hybridized carbons (Fsp3) is 0.312. The summed E-state index contributed by atoms with van der Waals surface area (Å²) in [6.07, 6.45) is 0.814. The van der Waals surface area contributed by atoms with Gasteiger partial charge in [-0.2, -0.15) is 5.26 Å². The number of nitrogens with two attached hydrogens (primary N) is 1. The van der Waals surface area contributed by atoms with Crippen LogP contribution < -0.4 is 10.5 Å². The molecule has 2 rings (SSSR count). The molecule has 0 aliphatic heterocycles. The molecule has 0 amide bonds. The third kappa shape index (κ3) is 2.35. The van der Waals surface area contributed by atoms with Gasteiger partial charge in [0.1, 0.15) is 17.6 Å². The highest BCUT2D eigenvalue weighted by Gasteiger charge is 2.15. The summed E-state index contributed by atoms with van der Waals surface area (Å²) < 4.78 is 7.35. The normalized spacial score (nSPS) is 10.3. The van der Waals surface area contributed by atoms with E-state index < -0.39 is 0 Å². The van der Waals surface area contributed by atoms with E-state index in [9.17, 15) is 0 Å². The zero-order chi connectivity index (χ0) is 14.7. The second-order valence-corrected chi connectivity index (χ2v) is 4.80. The molecule has 0 unspecified atom stereocenters. The molecule has 0 saturated heterocycles. The van der Waals surface area contributed by atoms with Crippen molar-refractivity contribution in [3.05, 3.63) is 46.6 Å². The molecular formula is C16H19N3O. The zero-order valence-corrected chi connectivity index (χ0v) is 12.1. The van der Waals surface area contributed by atoms with Crippen molar-refractivity contribution in [2.24, 2.45) is 0 Å². The molecule has 20 heavy (non-hydrogen) atoms. The third-order valence-electron chi connectivity index (χ3n) is 3.78. The van der Waals surface area contributed by atoms with Gasteiger partial charge < -0.3 is 15.0 Å². The van der Waals surface area contributed by atoms with Gasteiger partial charge in [-0.15, -0.1) is 0 Å². The number of methoxy groups -OCH3 is 1. The summed E-state index contributed by atoms with van der Waals surface area (Å²) in [5.74, 6) is 1.44. The number of nitrogens with zero attached hydrogens (tertiary/aromatic N) is 2. The lowest BCUT2D eigenvalue weighted by atomic mass is 10.1. The van der Waals surface area contributed by atoms with Crippen LogP contribution >= 0.6 is 0 Å².